The van der Waals surface area contributed by atoms with Gasteiger partial charge in [0.05, 0.1) is 39.6 Å². The SMILES string of the molecule is COCCOCCOc1ccc(-c2c3ccc(C)cc3c(OCCOCCOC)c3ccc(C)cc23)cc1C. The highest BCUT2D eigenvalue weighted by Gasteiger charge is 2.18. The van der Waals surface area contributed by atoms with Crippen LogP contribution in [0.15, 0.2) is 54.6 Å². The average molecular weight is 533 g/mol. The molecule has 6 heteroatoms. The topological polar surface area (TPSA) is 55.4 Å². The van der Waals surface area contributed by atoms with Gasteiger partial charge in [0.1, 0.15) is 24.7 Å². The molecule has 0 spiro atoms. The van der Waals surface area contributed by atoms with Gasteiger partial charge in [-0.2, -0.15) is 0 Å². The van der Waals surface area contributed by atoms with Gasteiger partial charge in [0.15, 0.2) is 0 Å². The number of aryl methyl sites for hydroxylation is 3. The molecule has 0 saturated carbocycles. The largest absolute Gasteiger partial charge is 0.491 e. The number of hydrogen-bond donors (Lipinski definition) is 0. The molecular weight excluding hydrogens is 492 g/mol. The van der Waals surface area contributed by atoms with Gasteiger partial charge in [-0.3, -0.25) is 0 Å². The fourth-order valence-corrected chi connectivity index (χ4v) is 4.75. The molecule has 4 aromatic rings. The molecule has 0 aliphatic rings. The minimum atomic E-state index is 0.468. The third-order valence-electron chi connectivity index (χ3n) is 6.66. The molecule has 0 saturated heterocycles. The highest BCUT2D eigenvalue weighted by molar-refractivity contribution is 6.17. The molecule has 0 heterocycles. The normalized spacial score (nSPS) is 11.4. The minimum absolute atomic E-state index is 0.468. The summed E-state index contributed by atoms with van der Waals surface area (Å²) in [6.45, 7) is 10.6. The second-order valence-electron chi connectivity index (χ2n) is 9.69. The second kappa shape index (κ2) is 14.3. The van der Waals surface area contributed by atoms with E-state index in [1.165, 1.54) is 22.1 Å². The Kier molecular flexibility index (Phi) is 10.6. The summed E-state index contributed by atoms with van der Waals surface area (Å²) in [7, 11) is 3.34. The van der Waals surface area contributed by atoms with Crippen LogP contribution < -0.4 is 9.47 Å². The lowest BCUT2D eigenvalue weighted by Gasteiger charge is -2.19. The van der Waals surface area contributed by atoms with Crippen molar-refractivity contribution in [3.63, 3.8) is 0 Å². The van der Waals surface area contributed by atoms with Crippen molar-refractivity contribution in [2.24, 2.45) is 0 Å². The fraction of sp³-hybridized carbons (Fsp3) is 0.394. The molecule has 0 aliphatic carbocycles. The average Bonchev–Trinajstić information content (AvgIpc) is 2.93. The molecule has 0 unspecified atom stereocenters. The van der Waals surface area contributed by atoms with Crippen LogP contribution in [-0.2, 0) is 18.9 Å². The molecule has 0 bridgehead atoms. The van der Waals surface area contributed by atoms with E-state index in [4.69, 9.17) is 28.4 Å². The van der Waals surface area contributed by atoms with E-state index in [0.29, 0.717) is 52.9 Å². The first-order valence-electron chi connectivity index (χ1n) is 13.5. The predicted octanol–water partition coefficient (Wildman–Crippen LogP) is 6.67. The standard InChI is InChI=1S/C33H40O6/c1-23-7-10-28-29(20-23)32(26-8-11-31(25(3)22-26)38-18-16-36-14-12-34-4)27-9-6-24(2)21-30(27)33(28)39-19-17-37-15-13-35-5/h6-11,20-22H,12-19H2,1-5H3. The molecule has 208 valence electrons. The van der Waals surface area contributed by atoms with Crippen molar-refractivity contribution >= 4 is 21.5 Å². The lowest BCUT2D eigenvalue weighted by atomic mass is 9.89. The number of benzene rings is 4. The third kappa shape index (κ3) is 7.28. The summed E-state index contributed by atoms with van der Waals surface area (Å²) in [6, 6.07) is 19.6. The van der Waals surface area contributed by atoms with Crippen LogP contribution in [0.2, 0.25) is 0 Å². The van der Waals surface area contributed by atoms with Gasteiger partial charge in [0.25, 0.3) is 0 Å². The molecule has 0 radical (unpaired) electrons. The van der Waals surface area contributed by atoms with Crippen molar-refractivity contribution in [3.05, 3.63) is 71.3 Å². The fourth-order valence-electron chi connectivity index (χ4n) is 4.75. The Balaban J connectivity index is 1.70. The Morgan fingerprint density at radius 3 is 1.74 bits per heavy atom. The molecule has 39 heavy (non-hydrogen) atoms. The van der Waals surface area contributed by atoms with Crippen LogP contribution in [0, 0.1) is 20.8 Å². The molecule has 0 amide bonds. The number of fused-ring (bicyclic) bond motifs is 2. The van der Waals surface area contributed by atoms with Crippen LogP contribution in [0.4, 0.5) is 0 Å². The van der Waals surface area contributed by atoms with Crippen LogP contribution >= 0.6 is 0 Å². The quantitative estimate of drug-likeness (QED) is 0.126. The molecule has 0 atom stereocenters. The smallest absolute Gasteiger partial charge is 0.135 e. The van der Waals surface area contributed by atoms with Crippen LogP contribution in [-0.4, -0.2) is 67.1 Å². The lowest BCUT2D eigenvalue weighted by molar-refractivity contribution is 0.0543. The van der Waals surface area contributed by atoms with Gasteiger partial charge in [0, 0.05) is 25.0 Å². The van der Waals surface area contributed by atoms with Gasteiger partial charge in [-0.05, 0) is 66.4 Å². The van der Waals surface area contributed by atoms with Gasteiger partial charge in [-0.25, -0.2) is 0 Å². The van der Waals surface area contributed by atoms with Crippen molar-refractivity contribution < 1.29 is 28.4 Å². The molecular formula is C33H40O6. The van der Waals surface area contributed by atoms with E-state index in [1.54, 1.807) is 14.2 Å². The minimum Gasteiger partial charge on any atom is -0.491 e. The molecule has 0 N–H and O–H groups in total. The first-order chi connectivity index (χ1) is 19.0. The summed E-state index contributed by atoms with van der Waals surface area (Å²) in [5.74, 6) is 1.76. The van der Waals surface area contributed by atoms with Gasteiger partial charge >= 0.3 is 0 Å². The van der Waals surface area contributed by atoms with Gasteiger partial charge in [-0.1, -0.05) is 47.5 Å². The van der Waals surface area contributed by atoms with E-state index in [9.17, 15) is 0 Å². The maximum absolute atomic E-state index is 6.42. The Morgan fingerprint density at radius 2 is 1.10 bits per heavy atom. The Labute approximate surface area is 231 Å². The van der Waals surface area contributed by atoms with Crippen LogP contribution in [0.5, 0.6) is 11.5 Å². The molecule has 0 aliphatic heterocycles. The van der Waals surface area contributed by atoms with Crippen LogP contribution in [0.25, 0.3) is 32.7 Å². The van der Waals surface area contributed by atoms with Gasteiger partial charge < -0.3 is 28.4 Å². The number of rotatable bonds is 15. The zero-order valence-corrected chi connectivity index (χ0v) is 23.8. The number of methoxy groups -OCH3 is 2. The summed E-state index contributed by atoms with van der Waals surface area (Å²) >= 11 is 0. The van der Waals surface area contributed by atoms with E-state index in [2.05, 4.69) is 75.4 Å². The summed E-state index contributed by atoms with van der Waals surface area (Å²) < 4.78 is 33.7. The lowest BCUT2D eigenvalue weighted by Crippen LogP contribution is -2.10. The van der Waals surface area contributed by atoms with Crippen LogP contribution in [0.3, 0.4) is 0 Å². The van der Waals surface area contributed by atoms with Gasteiger partial charge in [-0.15, -0.1) is 0 Å². The van der Waals surface area contributed by atoms with E-state index < -0.39 is 0 Å². The summed E-state index contributed by atoms with van der Waals surface area (Å²) in [6.07, 6.45) is 0. The van der Waals surface area contributed by atoms with Crippen molar-refractivity contribution in [1.29, 1.82) is 0 Å². The van der Waals surface area contributed by atoms with Crippen LogP contribution in [0.1, 0.15) is 16.7 Å². The van der Waals surface area contributed by atoms with E-state index in [1.807, 2.05) is 0 Å². The maximum Gasteiger partial charge on any atom is 0.135 e. The van der Waals surface area contributed by atoms with Crippen molar-refractivity contribution in [2.45, 2.75) is 20.8 Å². The van der Waals surface area contributed by atoms with Gasteiger partial charge in [0.2, 0.25) is 0 Å². The zero-order valence-electron chi connectivity index (χ0n) is 23.8. The highest BCUT2D eigenvalue weighted by atomic mass is 16.5. The Hall–Kier alpha value is -3.16. The number of ether oxygens (including phenoxy) is 6. The molecule has 6 nitrogen and oxygen atoms in total. The van der Waals surface area contributed by atoms with E-state index >= 15 is 0 Å². The molecule has 4 rings (SSSR count). The predicted molar refractivity (Wildman–Crippen MR) is 157 cm³/mol. The molecule has 4 aromatic carbocycles. The summed E-state index contributed by atoms with van der Waals surface area (Å²) in [4.78, 5) is 0. The van der Waals surface area contributed by atoms with Crippen molar-refractivity contribution in [1.82, 2.24) is 0 Å². The Bertz CT molecular complexity index is 1380. The molecule has 0 fully saturated rings. The third-order valence-corrected chi connectivity index (χ3v) is 6.66. The first-order valence-corrected chi connectivity index (χ1v) is 13.5. The first kappa shape index (κ1) is 28.8. The monoisotopic (exact) mass is 532 g/mol. The van der Waals surface area contributed by atoms with Crippen molar-refractivity contribution in [2.75, 3.05) is 67.1 Å². The van der Waals surface area contributed by atoms with E-state index in [-0.39, 0.29) is 0 Å². The Morgan fingerprint density at radius 1 is 0.513 bits per heavy atom. The zero-order chi connectivity index (χ0) is 27.6. The van der Waals surface area contributed by atoms with Crippen molar-refractivity contribution in [3.8, 4) is 22.6 Å². The number of hydrogen-bond acceptors (Lipinski definition) is 6. The second-order valence-corrected chi connectivity index (χ2v) is 9.69. The van der Waals surface area contributed by atoms with E-state index in [0.717, 1.165) is 38.8 Å². The highest BCUT2D eigenvalue weighted by Crippen LogP contribution is 2.44. The maximum atomic E-state index is 6.42. The molecule has 0 aromatic heterocycles. The summed E-state index contributed by atoms with van der Waals surface area (Å²) in [5, 5.41) is 4.52. The summed E-state index contributed by atoms with van der Waals surface area (Å²) in [5.41, 5.74) is 5.82.